The summed E-state index contributed by atoms with van der Waals surface area (Å²) in [6, 6.07) is 2.21. The molecular formula is C18H21F2NO6. The van der Waals surface area contributed by atoms with Crippen LogP contribution in [0.1, 0.15) is 26.7 Å². The summed E-state index contributed by atoms with van der Waals surface area (Å²) in [5.74, 6) is -6.15. The van der Waals surface area contributed by atoms with Crippen molar-refractivity contribution >= 4 is 23.4 Å². The van der Waals surface area contributed by atoms with Crippen molar-refractivity contribution in [2.75, 3.05) is 13.7 Å². The fourth-order valence-corrected chi connectivity index (χ4v) is 2.27. The maximum absolute atomic E-state index is 13.6. The van der Waals surface area contributed by atoms with E-state index in [9.17, 15) is 28.0 Å². The van der Waals surface area contributed by atoms with Gasteiger partial charge in [0.2, 0.25) is 5.91 Å². The van der Waals surface area contributed by atoms with E-state index in [1.54, 1.807) is 0 Å². The standard InChI is InChI=1S/C18H21F2NO6/c1-10(21-11(2)22)15(23)7-12(8-17(25)26-3)16(24)9-27-18-13(19)5-4-6-14(18)20/h4-6,10,12H,7-9H2,1-3H3,(H,21,22)/t10-,12-/m0/s1. The maximum Gasteiger partial charge on any atom is 0.306 e. The number of halogens is 2. The van der Waals surface area contributed by atoms with E-state index in [-0.39, 0.29) is 6.42 Å². The SMILES string of the molecule is COC(=O)C[C@H](CC(=O)[C@H](C)NC(C)=O)C(=O)COc1c(F)cccc1F. The molecule has 0 aliphatic rings. The number of esters is 1. The van der Waals surface area contributed by atoms with Gasteiger partial charge in [-0.3, -0.25) is 19.2 Å². The number of benzene rings is 1. The van der Waals surface area contributed by atoms with Gasteiger partial charge in [0.25, 0.3) is 0 Å². The number of hydrogen-bond acceptors (Lipinski definition) is 6. The van der Waals surface area contributed by atoms with E-state index < -0.39 is 65.8 Å². The van der Waals surface area contributed by atoms with Crippen LogP contribution >= 0.6 is 0 Å². The maximum atomic E-state index is 13.6. The molecule has 7 nitrogen and oxygen atoms in total. The molecule has 0 aliphatic carbocycles. The van der Waals surface area contributed by atoms with E-state index >= 15 is 0 Å². The number of hydrogen-bond donors (Lipinski definition) is 1. The predicted octanol–water partition coefficient (Wildman–Crippen LogP) is 1.58. The molecule has 1 rings (SSSR count). The monoisotopic (exact) mass is 385 g/mol. The minimum atomic E-state index is -1.11. The van der Waals surface area contributed by atoms with Crippen molar-refractivity contribution in [1.29, 1.82) is 0 Å². The van der Waals surface area contributed by atoms with Crippen molar-refractivity contribution in [2.45, 2.75) is 32.7 Å². The van der Waals surface area contributed by atoms with Gasteiger partial charge in [0.05, 0.1) is 19.6 Å². The molecule has 0 saturated carbocycles. The Bertz CT molecular complexity index is 702. The Morgan fingerprint density at radius 2 is 1.67 bits per heavy atom. The number of nitrogens with one attached hydrogen (secondary N) is 1. The zero-order valence-electron chi connectivity index (χ0n) is 15.2. The largest absolute Gasteiger partial charge is 0.480 e. The number of methoxy groups -OCH3 is 1. The summed E-state index contributed by atoms with van der Waals surface area (Å²) >= 11 is 0. The Labute approximate surface area is 155 Å². The third kappa shape index (κ3) is 7.12. The zero-order chi connectivity index (χ0) is 20.6. The van der Waals surface area contributed by atoms with Crippen LogP contribution in [0.3, 0.4) is 0 Å². The van der Waals surface area contributed by atoms with Gasteiger partial charge >= 0.3 is 5.97 Å². The highest BCUT2D eigenvalue weighted by atomic mass is 19.1. The van der Waals surface area contributed by atoms with Crippen LogP contribution in [-0.2, 0) is 23.9 Å². The summed E-state index contributed by atoms with van der Waals surface area (Å²) in [5.41, 5.74) is 0. The summed E-state index contributed by atoms with van der Waals surface area (Å²) < 4.78 is 36.5. The number of amides is 1. The first-order valence-corrected chi connectivity index (χ1v) is 8.11. The molecule has 148 valence electrons. The lowest BCUT2D eigenvalue weighted by Gasteiger charge is -2.18. The third-order valence-corrected chi connectivity index (χ3v) is 3.72. The summed E-state index contributed by atoms with van der Waals surface area (Å²) in [6.45, 7) is 1.94. The summed E-state index contributed by atoms with van der Waals surface area (Å²) in [5, 5.41) is 2.38. The van der Waals surface area contributed by atoms with E-state index in [0.29, 0.717) is 0 Å². The van der Waals surface area contributed by atoms with E-state index in [0.717, 1.165) is 25.3 Å². The van der Waals surface area contributed by atoms with Gasteiger partial charge in [-0.15, -0.1) is 0 Å². The van der Waals surface area contributed by atoms with Gasteiger partial charge in [0.1, 0.15) is 6.61 Å². The molecule has 1 aromatic rings. The van der Waals surface area contributed by atoms with E-state index in [4.69, 9.17) is 4.74 Å². The lowest BCUT2D eigenvalue weighted by atomic mass is 9.92. The fourth-order valence-electron chi connectivity index (χ4n) is 2.27. The second kappa shape index (κ2) is 10.3. The molecule has 1 amide bonds. The lowest BCUT2D eigenvalue weighted by molar-refractivity contribution is -0.144. The number of ketones is 2. The second-order valence-corrected chi connectivity index (χ2v) is 5.88. The van der Waals surface area contributed by atoms with Gasteiger partial charge in [0.15, 0.2) is 29.0 Å². The minimum absolute atomic E-state index is 0.363. The van der Waals surface area contributed by atoms with Gasteiger partial charge in [-0.05, 0) is 19.1 Å². The summed E-state index contributed by atoms with van der Waals surface area (Å²) in [6.07, 6.45) is -0.768. The molecule has 27 heavy (non-hydrogen) atoms. The van der Waals surface area contributed by atoms with Gasteiger partial charge in [-0.25, -0.2) is 8.78 Å². The van der Waals surface area contributed by atoms with Crippen molar-refractivity contribution in [1.82, 2.24) is 5.32 Å². The van der Waals surface area contributed by atoms with Crippen LogP contribution in [-0.4, -0.2) is 43.2 Å². The molecule has 0 saturated heterocycles. The Morgan fingerprint density at radius 3 is 2.19 bits per heavy atom. The number of para-hydroxylation sites is 1. The molecule has 0 bridgehead atoms. The van der Waals surface area contributed by atoms with Crippen molar-refractivity contribution < 1.29 is 37.4 Å². The number of ether oxygens (including phenoxy) is 2. The number of carbonyl (C=O) groups excluding carboxylic acids is 4. The fraction of sp³-hybridized carbons (Fsp3) is 0.444. The van der Waals surface area contributed by atoms with Crippen molar-refractivity contribution in [3.05, 3.63) is 29.8 Å². The van der Waals surface area contributed by atoms with Crippen LogP contribution in [0.15, 0.2) is 18.2 Å². The number of rotatable bonds is 10. The van der Waals surface area contributed by atoms with E-state index in [2.05, 4.69) is 10.1 Å². The molecule has 2 atom stereocenters. The Morgan fingerprint density at radius 1 is 1.07 bits per heavy atom. The smallest absolute Gasteiger partial charge is 0.306 e. The molecule has 0 fully saturated rings. The highest BCUT2D eigenvalue weighted by molar-refractivity contribution is 5.94. The number of carbonyl (C=O) groups is 4. The quantitative estimate of drug-likeness (QED) is 0.614. The lowest BCUT2D eigenvalue weighted by Crippen LogP contribution is -2.39. The Kier molecular flexibility index (Phi) is 8.50. The molecule has 1 aromatic carbocycles. The summed E-state index contributed by atoms with van der Waals surface area (Å²) in [4.78, 5) is 47.1. The molecule has 0 aromatic heterocycles. The van der Waals surface area contributed by atoms with Crippen molar-refractivity contribution in [3.8, 4) is 5.75 Å². The van der Waals surface area contributed by atoms with Crippen molar-refractivity contribution in [3.63, 3.8) is 0 Å². The van der Waals surface area contributed by atoms with Crippen molar-refractivity contribution in [2.24, 2.45) is 5.92 Å². The Hall–Kier alpha value is -2.84. The topological polar surface area (TPSA) is 98.8 Å². The first-order chi connectivity index (χ1) is 12.6. The predicted molar refractivity (Wildman–Crippen MR) is 89.9 cm³/mol. The minimum Gasteiger partial charge on any atom is -0.480 e. The van der Waals surface area contributed by atoms with Crippen LogP contribution in [0.25, 0.3) is 0 Å². The Balaban J connectivity index is 2.82. The molecule has 0 radical (unpaired) electrons. The molecule has 0 spiro atoms. The molecule has 9 heteroatoms. The van der Waals surface area contributed by atoms with E-state index in [1.807, 2.05) is 0 Å². The highest BCUT2D eigenvalue weighted by Crippen LogP contribution is 2.22. The van der Waals surface area contributed by atoms with Crippen LogP contribution in [0.2, 0.25) is 0 Å². The highest BCUT2D eigenvalue weighted by Gasteiger charge is 2.28. The average Bonchev–Trinajstić information content (AvgIpc) is 2.59. The average molecular weight is 385 g/mol. The summed E-state index contributed by atoms with van der Waals surface area (Å²) in [7, 11) is 1.12. The molecule has 1 N–H and O–H groups in total. The number of Topliss-reactive ketones (excluding diaryl/α,β-unsaturated/α-hetero) is 2. The third-order valence-electron chi connectivity index (χ3n) is 3.72. The second-order valence-electron chi connectivity index (χ2n) is 5.88. The first kappa shape index (κ1) is 22.2. The van der Waals surface area contributed by atoms with E-state index in [1.165, 1.54) is 13.8 Å². The molecule has 0 heterocycles. The van der Waals surface area contributed by atoms with Gasteiger partial charge in [-0.1, -0.05) is 6.07 Å². The van der Waals surface area contributed by atoms with Gasteiger partial charge < -0.3 is 14.8 Å². The van der Waals surface area contributed by atoms with Crippen LogP contribution in [0.5, 0.6) is 5.75 Å². The molecular weight excluding hydrogens is 364 g/mol. The first-order valence-electron chi connectivity index (χ1n) is 8.11. The normalized spacial score (nSPS) is 12.6. The van der Waals surface area contributed by atoms with Crippen LogP contribution in [0.4, 0.5) is 8.78 Å². The zero-order valence-corrected chi connectivity index (χ0v) is 15.2. The van der Waals surface area contributed by atoms with Crippen LogP contribution in [0, 0.1) is 17.6 Å². The van der Waals surface area contributed by atoms with Crippen LogP contribution < -0.4 is 10.1 Å². The molecule has 0 unspecified atom stereocenters. The van der Waals surface area contributed by atoms with Gasteiger partial charge in [-0.2, -0.15) is 0 Å². The van der Waals surface area contributed by atoms with Gasteiger partial charge in [0, 0.05) is 19.3 Å². The molecule has 0 aliphatic heterocycles.